The highest BCUT2D eigenvalue weighted by Gasteiger charge is 2.21. The number of hydrogen-bond acceptors (Lipinski definition) is 5. The van der Waals surface area contributed by atoms with Crippen molar-refractivity contribution in [3.05, 3.63) is 54.3 Å². The minimum Gasteiger partial charge on any atom is -0.376 e. The van der Waals surface area contributed by atoms with Crippen molar-refractivity contribution in [3.8, 4) is 0 Å². The van der Waals surface area contributed by atoms with Crippen LogP contribution in [0.3, 0.4) is 0 Å². The maximum absolute atomic E-state index is 12.9. The number of carbonyl (C=O) groups excluding carboxylic acids is 2. The lowest BCUT2D eigenvalue weighted by Crippen LogP contribution is -2.38. The Morgan fingerprint density at radius 3 is 2.26 bits per heavy atom. The number of sulfonamides is 1. The van der Waals surface area contributed by atoms with Gasteiger partial charge in [0.2, 0.25) is 21.8 Å². The van der Waals surface area contributed by atoms with E-state index < -0.39 is 21.7 Å². The number of hydrogen-bond donors (Lipinski definition) is 2. The van der Waals surface area contributed by atoms with Crippen molar-refractivity contribution >= 4 is 33.2 Å². The van der Waals surface area contributed by atoms with Gasteiger partial charge in [-0.1, -0.05) is 19.9 Å². The number of nitrogens with zero attached hydrogens (tertiary/aromatic N) is 2. The lowest BCUT2D eigenvalue weighted by molar-refractivity contribution is -0.131. The predicted molar refractivity (Wildman–Crippen MR) is 118 cm³/mol. The van der Waals surface area contributed by atoms with Crippen LogP contribution in [0.5, 0.6) is 0 Å². The van der Waals surface area contributed by atoms with Gasteiger partial charge in [0.1, 0.15) is 5.82 Å². The van der Waals surface area contributed by atoms with E-state index in [2.05, 4.69) is 10.6 Å². The molecule has 0 saturated heterocycles. The molecule has 0 aliphatic heterocycles. The Morgan fingerprint density at radius 1 is 1.00 bits per heavy atom. The van der Waals surface area contributed by atoms with Crippen molar-refractivity contribution in [2.75, 3.05) is 43.9 Å². The summed E-state index contributed by atoms with van der Waals surface area (Å²) in [6.45, 7) is 3.96. The van der Waals surface area contributed by atoms with Crippen molar-refractivity contribution < 1.29 is 22.4 Å². The average molecular weight is 451 g/mol. The number of benzene rings is 2. The molecule has 0 heterocycles. The van der Waals surface area contributed by atoms with E-state index in [4.69, 9.17) is 0 Å². The molecule has 2 amide bonds. The maximum Gasteiger partial charge on any atom is 0.243 e. The second-order valence-corrected chi connectivity index (χ2v) is 8.71. The van der Waals surface area contributed by atoms with Gasteiger partial charge in [-0.05, 0) is 42.5 Å². The van der Waals surface area contributed by atoms with Gasteiger partial charge in [0.15, 0.2) is 0 Å². The second kappa shape index (κ2) is 10.9. The number of amides is 2. The summed E-state index contributed by atoms with van der Waals surface area (Å²) in [5.74, 6) is -1.19. The Kier molecular flexibility index (Phi) is 8.52. The largest absolute Gasteiger partial charge is 0.376 e. The van der Waals surface area contributed by atoms with Crippen LogP contribution < -0.4 is 10.6 Å². The summed E-state index contributed by atoms with van der Waals surface area (Å²) in [7, 11) is -2.12. The molecular formula is C21H27FN4O4S. The summed E-state index contributed by atoms with van der Waals surface area (Å²) < 4.78 is 39.6. The molecule has 0 aliphatic carbocycles. The molecule has 0 radical (unpaired) electrons. The molecule has 0 aliphatic rings. The van der Waals surface area contributed by atoms with Gasteiger partial charge in [0, 0.05) is 31.5 Å². The smallest absolute Gasteiger partial charge is 0.243 e. The van der Waals surface area contributed by atoms with Gasteiger partial charge < -0.3 is 15.5 Å². The molecular weight excluding hydrogens is 423 g/mol. The van der Waals surface area contributed by atoms with Gasteiger partial charge in [-0.15, -0.1) is 0 Å². The van der Waals surface area contributed by atoms with Gasteiger partial charge >= 0.3 is 0 Å². The van der Waals surface area contributed by atoms with E-state index >= 15 is 0 Å². The van der Waals surface area contributed by atoms with Crippen LogP contribution in [0.25, 0.3) is 0 Å². The molecule has 168 valence electrons. The number of anilines is 2. The first-order valence-electron chi connectivity index (χ1n) is 9.80. The molecule has 31 heavy (non-hydrogen) atoms. The van der Waals surface area contributed by atoms with Crippen LogP contribution in [0.1, 0.15) is 13.8 Å². The number of rotatable bonds is 10. The molecule has 2 N–H and O–H groups in total. The number of halogens is 1. The van der Waals surface area contributed by atoms with Crippen molar-refractivity contribution in [3.63, 3.8) is 0 Å². The van der Waals surface area contributed by atoms with Crippen molar-refractivity contribution in [2.45, 2.75) is 18.7 Å². The molecule has 2 rings (SSSR count). The molecule has 2 aromatic carbocycles. The molecule has 0 fully saturated rings. The van der Waals surface area contributed by atoms with Gasteiger partial charge in [-0.25, -0.2) is 12.8 Å². The number of carbonyl (C=O) groups is 2. The molecule has 0 spiro atoms. The summed E-state index contributed by atoms with van der Waals surface area (Å²) >= 11 is 0. The number of likely N-dealkylation sites (N-methyl/N-ethyl adjacent to an activating group) is 1. The van der Waals surface area contributed by atoms with Gasteiger partial charge in [-0.3, -0.25) is 9.59 Å². The molecule has 2 aromatic rings. The van der Waals surface area contributed by atoms with Crippen molar-refractivity contribution in [2.24, 2.45) is 0 Å². The molecule has 0 unspecified atom stereocenters. The van der Waals surface area contributed by atoms with E-state index in [1.165, 1.54) is 52.7 Å². The van der Waals surface area contributed by atoms with Crippen LogP contribution in [-0.2, 0) is 19.6 Å². The highest BCUT2D eigenvalue weighted by Crippen LogP contribution is 2.19. The van der Waals surface area contributed by atoms with E-state index in [1.54, 1.807) is 26.0 Å². The molecule has 10 heteroatoms. The monoisotopic (exact) mass is 450 g/mol. The third-order valence-electron chi connectivity index (χ3n) is 4.56. The highest BCUT2D eigenvalue weighted by atomic mass is 32.2. The Morgan fingerprint density at radius 2 is 1.65 bits per heavy atom. The van der Waals surface area contributed by atoms with Crippen molar-refractivity contribution in [1.82, 2.24) is 9.21 Å². The first-order chi connectivity index (χ1) is 14.7. The number of nitrogens with one attached hydrogen (secondary N) is 2. The second-order valence-electron chi connectivity index (χ2n) is 6.78. The minimum absolute atomic E-state index is 0.116. The van der Waals surface area contributed by atoms with Gasteiger partial charge in [0.25, 0.3) is 0 Å². The summed E-state index contributed by atoms with van der Waals surface area (Å²) in [4.78, 5) is 25.8. The van der Waals surface area contributed by atoms with E-state index in [1.807, 2.05) is 0 Å². The summed E-state index contributed by atoms with van der Waals surface area (Å²) in [6.07, 6.45) is 0. The van der Waals surface area contributed by atoms with Crippen molar-refractivity contribution in [1.29, 1.82) is 0 Å². The SMILES string of the molecule is CCN(CC)S(=O)(=O)c1cccc(NCC(=O)N(C)CC(=O)Nc2ccc(F)cc2)c1. The molecule has 0 saturated carbocycles. The Hall–Kier alpha value is -2.98. The van der Waals surface area contributed by atoms with E-state index in [9.17, 15) is 22.4 Å². The molecule has 0 bridgehead atoms. The summed E-state index contributed by atoms with van der Waals surface area (Å²) in [6, 6.07) is 11.5. The fourth-order valence-electron chi connectivity index (χ4n) is 2.83. The minimum atomic E-state index is -3.61. The molecule has 8 nitrogen and oxygen atoms in total. The third kappa shape index (κ3) is 6.76. The fourth-order valence-corrected chi connectivity index (χ4v) is 4.33. The summed E-state index contributed by atoms with van der Waals surface area (Å²) in [5, 5.41) is 5.48. The lowest BCUT2D eigenvalue weighted by Gasteiger charge is -2.19. The zero-order valence-corrected chi connectivity index (χ0v) is 18.6. The Balaban J connectivity index is 1.93. The first-order valence-corrected chi connectivity index (χ1v) is 11.2. The predicted octanol–water partition coefficient (Wildman–Crippen LogP) is 2.37. The Labute approximate surface area is 182 Å². The average Bonchev–Trinajstić information content (AvgIpc) is 2.74. The quantitative estimate of drug-likeness (QED) is 0.579. The van der Waals surface area contributed by atoms with Gasteiger partial charge in [-0.2, -0.15) is 4.31 Å². The lowest BCUT2D eigenvalue weighted by atomic mass is 10.3. The highest BCUT2D eigenvalue weighted by molar-refractivity contribution is 7.89. The zero-order chi connectivity index (χ0) is 23.0. The van der Waals surface area contributed by atoms with Crippen LogP contribution in [0, 0.1) is 5.82 Å². The normalized spacial score (nSPS) is 11.3. The fraction of sp³-hybridized carbons (Fsp3) is 0.333. The molecule has 0 aromatic heterocycles. The first kappa shape index (κ1) is 24.3. The standard InChI is InChI=1S/C21H27FN4O4S/c1-4-26(5-2)31(29,30)19-8-6-7-18(13-19)23-14-21(28)25(3)15-20(27)24-17-11-9-16(22)10-12-17/h6-13,23H,4-5,14-15H2,1-3H3,(H,24,27). The third-order valence-corrected chi connectivity index (χ3v) is 6.60. The zero-order valence-electron chi connectivity index (χ0n) is 17.8. The van der Waals surface area contributed by atoms with E-state index in [-0.39, 0.29) is 23.9 Å². The van der Waals surface area contributed by atoms with Crippen LogP contribution >= 0.6 is 0 Å². The van der Waals surface area contributed by atoms with Crippen LogP contribution in [-0.4, -0.2) is 62.7 Å². The molecule has 0 atom stereocenters. The van der Waals surface area contributed by atoms with Crippen LogP contribution in [0.15, 0.2) is 53.4 Å². The summed E-state index contributed by atoms with van der Waals surface area (Å²) in [5.41, 5.74) is 0.905. The van der Waals surface area contributed by atoms with E-state index in [0.717, 1.165) is 0 Å². The maximum atomic E-state index is 12.9. The van der Waals surface area contributed by atoms with Crippen LogP contribution in [0.4, 0.5) is 15.8 Å². The Bertz CT molecular complexity index is 1010. The van der Waals surface area contributed by atoms with Gasteiger partial charge in [0.05, 0.1) is 18.0 Å². The topological polar surface area (TPSA) is 98.8 Å². The van der Waals surface area contributed by atoms with E-state index in [0.29, 0.717) is 24.5 Å². The van der Waals surface area contributed by atoms with Crippen LogP contribution in [0.2, 0.25) is 0 Å².